The summed E-state index contributed by atoms with van der Waals surface area (Å²) >= 11 is 0. The van der Waals surface area contributed by atoms with Gasteiger partial charge in [0.05, 0.1) is 17.0 Å². The Morgan fingerprint density at radius 3 is 2.35 bits per heavy atom. The highest BCUT2D eigenvalue weighted by Gasteiger charge is 2.16. The topological polar surface area (TPSA) is 158 Å². The number of nitrogens with two attached hydrogens (primary N) is 2. The molecule has 2 rings (SSSR count). The lowest BCUT2D eigenvalue weighted by atomic mass is 10.0. The number of aliphatic carboxylic acids is 1. The second-order valence-electron chi connectivity index (χ2n) is 4.49. The number of benzene rings is 1. The maximum absolute atomic E-state index is 10.7. The highest BCUT2D eigenvalue weighted by Crippen LogP contribution is 2.30. The van der Waals surface area contributed by atoms with Gasteiger partial charge >= 0.3 is 5.97 Å². The van der Waals surface area contributed by atoms with Gasteiger partial charge in [-0.25, -0.2) is 4.98 Å². The van der Waals surface area contributed by atoms with E-state index in [1.807, 2.05) is 0 Å². The fourth-order valence-corrected chi connectivity index (χ4v) is 2.02. The molecule has 0 saturated carbocycles. The second kappa shape index (κ2) is 7.36. The predicted octanol–water partition coefficient (Wildman–Crippen LogP) is 1.66. The van der Waals surface area contributed by atoms with Crippen LogP contribution in [0.1, 0.15) is 12.1 Å². The summed E-state index contributed by atoms with van der Waals surface area (Å²) in [5.74, 6) is -0.935. The number of carboxylic acids is 1. The van der Waals surface area contributed by atoms with Crippen LogP contribution in [0, 0.1) is 10.1 Å². The van der Waals surface area contributed by atoms with E-state index in [1.165, 1.54) is 24.3 Å². The molecular formula is C13H14ClN5O4. The molecule has 0 amide bonds. The minimum atomic E-state index is -0.981. The third kappa shape index (κ3) is 4.27. The molecule has 0 fully saturated rings. The molecule has 0 radical (unpaired) electrons. The number of aromatic nitrogens is 2. The Bertz CT molecular complexity index is 736. The van der Waals surface area contributed by atoms with Crippen molar-refractivity contribution in [3.05, 3.63) is 40.1 Å². The normalized spacial score (nSPS) is 9.91. The molecule has 1 heterocycles. The van der Waals surface area contributed by atoms with Crippen LogP contribution in [0.5, 0.6) is 0 Å². The molecule has 0 bridgehead atoms. The van der Waals surface area contributed by atoms with Gasteiger partial charge < -0.3 is 16.6 Å². The van der Waals surface area contributed by atoms with Crippen molar-refractivity contribution >= 4 is 35.8 Å². The number of nitrogen functional groups attached to an aromatic ring is 2. The monoisotopic (exact) mass is 339 g/mol. The number of rotatable bonds is 5. The Balaban J connectivity index is 0.00000264. The van der Waals surface area contributed by atoms with Crippen molar-refractivity contribution < 1.29 is 14.8 Å². The molecule has 0 aliphatic rings. The van der Waals surface area contributed by atoms with Gasteiger partial charge in [0.25, 0.3) is 5.69 Å². The van der Waals surface area contributed by atoms with Gasteiger partial charge in [-0.1, -0.05) is 0 Å². The average molecular weight is 340 g/mol. The number of nitro benzene ring substituents is 1. The molecule has 2 aromatic rings. The molecular weight excluding hydrogens is 326 g/mol. The minimum absolute atomic E-state index is 0. The number of nitrogens with zero attached hydrogens (tertiary/aromatic N) is 3. The zero-order chi connectivity index (χ0) is 16.3. The first-order chi connectivity index (χ1) is 10.4. The average Bonchev–Trinajstić information content (AvgIpc) is 2.44. The smallest absolute Gasteiger partial charge is 0.303 e. The van der Waals surface area contributed by atoms with E-state index < -0.39 is 10.9 Å². The first kappa shape index (κ1) is 18.1. The largest absolute Gasteiger partial charge is 0.481 e. The summed E-state index contributed by atoms with van der Waals surface area (Å²) in [5, 5.41) is 19.5. The first-order valence-electron chi connectivity index (χ1n) is 6.27. The highest BCUT2D eigenvalue weighted by molar-refractivity contribution is 5.85. The molecule has 0 unspecified atom stereocenters. The Labute approximate surface area is 136 Å². The summed E-state index contributed by atoms with van der Waals surface area (Å²) in [4.78, 5) is 28.8. The van der Waals surface area contributed by atoms with Crippen molar-refractivity contribution in [1.82, 2.24) is 9.97 Å². The molecule has 1 aromatic carbocycles. The quantitative estimate of drug-likeness (QED) is 0.547. The van der Waals surface area contributed by atoms with Crippen molar-refractivity contribution in [3.63, 3.8) is 0 Å². The zero-order valence-corrected chi connectivity index (χ0v) is 12.6. The number of carboxylic acid groups (broad SMARTS) is 1. The molecule has 5 N–H and O–H groups in total. The van der Waals surface area contributed by atoms with Crippen LogP contribution in [-0.4, -0.2) is 26.0 Å². The van der Waals surface area contributed by atoms with Crippen LogP contribution >= 0.6 is 12.4 Å². The summed E-state index contributed by atoms with van der Waals surface area (Å²) in [6.45, 7) is 0. The molecule has 0 spiro atoms. The predicted molar refractivity (Wildman–Crippen MR) is 86.2 cm³/mol. The molecule has 0 aliphatic heterocycles. The van der Waals surface area contributed by atoms with E-state index in [0.717, 1.165) is 0 Å². The molecule has 10 heteroatoms. The van der Waals surface area contributed by atoms with Crippen LogP contribution in [0.25, 0.3) is 11.1 Å². The Kier molecular flexibility index (Phi) is 5.80. The minimum Gasteiger partial charge on any atom is -0.481 e. The van der Waals surface area contributed by atoms with Gasteiger partial charge in [0.15, 0.2) is 0 Å². The van der Waals surface area contributed by atoms with Crippen LogP contribution in [0.15, 0.2) is 24.3 Å². The summed E-state index contributed by atoms with van der Waals surface area (Å²) in [7, 11) is 0. The van der Waals surface area contributed by atoms with Crippen molar-refractivity contribution in [1.29, 1.82) is 0 Å². The van der Waals surface area contributed by atoms with Gasteiger partial charge in [-0.2, -0.15) is 4.98 Å². The van der Waals surface area contributed by atoms with E-state index in [9.17, 15) is 14.9 Å². The van der Waals surface area contributed by atoms with Crippen LogP contribution in [0.4, 0.5) is 17.5 Å². The molecule has 0 atom stereocenters. The number of halogens is 1. The van der Waals surface area contributed by atoms with Gasteiger partial charge in [0.2, 0.25) is 5.95 Å². The SMILES string of the molecule is Cl.Nc1nc(N)c(-c2ccc([N+](=O)[O-])cc2)c(CCC(=O)O)n1. The maximum Gasteiger partial charge on any atom is 0.303 e. The number of non-ortho nitro benzene ring substituents is 1. The molecule has 0 aliphatic carbocycles. The Hall–Kier alpha value is -2.94. The van der Waals surface area contributed by atoms with Crippen molar-refractivity contribution in [2.75, 3.05) is 11.5 Å². The van der Waals surface area contributed by atoms with Gasteiger partial charge in [0.1, 0.15) is 5.82 Å². The van der Waals surface area contributed by atoms with E-state index in [1.54, 1.807) is 0 Å². The number of carbonyl (C=O) groups is 1. The van der Waals surface area contributed by atoms with Gasteiger partial charge in [0, 0.05) is 24.1 Å². The molecule has 1 aromatic heterocycles. The lowest BCUT2D eigenvalue weighted by molar-refractivity contribution is -0.384. The fourth-order valence-electron chi connectivity index (χ4n) is 2.02. The lowest BCUT2D eigenvalue weighted by Crippen LogP contribution is -2.08. The zero-order valence-electron chi connectivity index (χ0n) is 11.8. The van der Waals surface area contributed by atoms with Gasteiger partial charge in [-0.3, -0.25) is 14.9 Å². The van der Waals surface area contributed by atoms with Crippen LogP contribution in [-0.2, 0) is 11.2 Å². The summed E-state index contributed by atoms with van der Waals surface area (Å²) in [6.07, 6.45) is -0.0194. The van der Waals surface area contributed by atoms with Crippen LogP contribution in [0.2, 0.25) is 0 Å². The number of anilines is 2. The highest BCUT2D eigenvalue weighted by atomic mass is 35.5. The van der Waals surface area contributed by atoms with Crippen LogP contribution in [0.3, 0.4) is 0 Å². The standard InChI is InChI=1S/C13H13N5O4.ClH/c14-12-11(7-1-3-8(4-2-7)18(21)22)9(5-6-10(19)20)16-13(15)17-12;/h1-4H,5-6H2,(H,19,20)(H4,14,15,16,17);1H. The number of nitro groups is 1. The van der Waals surface area contributed by atoms with E-state index >= 15 is 0 Å². The molecule has 9 nitrogen and oxygen atoms in total. The van der Waals surface area contributed by atoms with Crippen LogP contribution < -0.4 is 11.5 Å². The lowest BCUT2D eigenvalue weighted by Gasteiger charge is -2.11. The maximum atomic E-state index is 10.7. The fraction of sp³-hybridized carbons (Fsp3) is 0.154. The Morgan fingerprint density at radius 1 is 1.22 bits per heavy atom. The summed E-state index contributed by atoms with van der Waals surface area (Å²) in [6, 6.07) is 5.67. The van der Waals surface area contributed by atoms with E-state index in [-0.39, 0.29) is 42.7 Å². The van der Waals surface area contributed by atoms with E-state index in [0.29, 0.717) is 16.8 Å². The first-order valence-corrected chi connectivity index (χ1v) is 6.27. The van der Waals surface area contributed by atoms with E-state index in [2.05, 4.69) is 9.97 Å². The third-order valence-electron chi connectivity index (χ3n) is 2.97. The number of hydrogen-bond donors (Lipinski definition) is 3. The number of hydrogen-bond acceptors (Lipinski definition) is 7. The third-order valence-corrected chi connectivity index (χ3v) is 2.97. The second-order valence-corrected chi connectivity index (χ2v) is 4.49. The van der Waals surface area contributed by atoms with Crippen molar-refractivity contribution in [3.8, 4) is 11.1 Å². The Morgan fingerprint density at radius 2 is 1.83 bits per heavy atom. The van der Waals surface area contributed by atoms with Crippen molar-refractivity contribution in [2.45, 2.75) is 12.8 Å². The van der Waals surface area contributed by atoms with Gasteiger partial charge in [-0.15, -0.1) is 12.4 Å². The number of aryl methyl sites for hydroxylation is 1. The van der Waals surface area contributed by atoms with Crippen molar-refractivity contribution in [2.24, 2.45) is 0 Å². The summed E-state index contributed by atoms with van der Waals surface area (Å²) in [5.41, 5.74) is 12.7. The summed E-state index contributed by atoms with van der Waals surface area (Å²) < 4.78 is 0. The van der Waals surface area contributed by atoms with E-state index in [4.69, 9.17) is 16.6 Å². The molecule has 0 saturated heterocycles. The molecule has 122 valence electrons. The van der Waals surface area contributed by atoms with Gasteiger partial charge in [-0.05, 0) is 17.7 Å². The molecule has 23 heavy (non-hydrogen) atoms.